The summed E-state index contributed by atoms with van der Waals surface area (Å²) in [5.41, 5.74) is 1.84. The number of aliphatic hydroxyl groups is 1. The summed E-state index contributed by atoms with van der Waals surface area (Å²) in [5.74, 6) is 0. The maximum Gasteiger partial charge on any atom is 0.319 e. The van der Waals surface area contributed by atoms with Crippen LogP contribution in [0.25, 0.3) is 0 Å². The molecule has 2 aromatic rings. The highest BCUT2D eigenvalue weighted by Gasteiger charge is 2.31. The van der Waals surface area contributed by atoms with E-state index < -0.39 is 18.2 Å². The van der Waals surface area contributed by atoms with Gasteiger partial charge >= 0.3 is 6.03 Å². The average molecular weight is 299 g/mol. The van der Waals surface area contributed by atoms with E-state index in [4.69, 9.17) is 0 Å². The minimum Gasteiger partial charge on any atom is -0.390 e. The number of nitrogens with one attached hydrogen (secondary N) is 2. The first-order chi connectivity index (χ1) is 10.6. The van der Waals surface area contributed by atoms with Crippen LogP contribution in [-0.2, 0) is 13.5 Å². The molecule has 2 amide bonds. The van der Waals surface area contributed by atoms with Crippen molar-refractivity contribution in [3.63, 3.8) is 0 Å². The molecule has 0 aliphatic heterocycles. The van der Waals surface area contributed by atoms with E-state index in [0.29, 0.717) is 6.42 Å². The molecule has 1 aliphatic carbocycles. The highest BCUT2D eigenvalue weighted by Crippen LogP contribution is 2.31. The van der Waals surface area contributed by atoms with Gasteiger partial charge in [0.05, 0.1) is 12.1 Å². The van der Waals surface area contributed by atoms with Crippen molar-refractivity contribution in [2.75, 3.05) is 5.32 Å². The number of aromatic nitrogens is 1. The summed E-state index contributed by atoms with van der Waals surface area (Å²) in [6.07, 6.45) is 1.46. The van der Waals surface area contributed by atoms with Crippen molar-refractivity contribution in [3.05, 3.63) is 64.1 Å². The molecule has 0 unspecified atom stereocenters. The van der Waals surface area contributed by atoms with Crippen molar-refractivity contribution in [2.24, 2.45) is 7.05 Å². The Morgan fingerprint density at radius 1 is 1.27 bits per heavy atom. The number of carbonyl (C=O) groups is 1. The van der Waals surface area contributed by atoms with Crippen molar-refractivity contribution in [1.82, 2.24) is 9.88 Å². The zero-order chi connectivity index (χ0) is 15.7. The molecule has 22 heavy (non-hydrogen) atoms. The van der Waals surface area contributed by atoms with Crippen LogP contribution >= 0.6 is 0 Å². The van der Waals surface area contributed by atoms with Crippen LogP contribution in [0.1, 0.15) is 17.2 Å². The highest BCUT2D eigenvalue weighted by molar-refractivity contribution is 5.89. The van der Waals surface area contributed by atoms with E-state index in [1.807, 2.05) is 24.3 Å². The van der Waals surface area contributed by atoms with Gasteiger partial charge < -0.3 is 20.3 Å². The highest BCUT2D eigenvalue weighted by atomic mass is 16.3. The summed E-state index contributed by atoms with van der Waals surface area (Å²) in [7, 11) is 1.61. The van der Waals surface area contributed by atoms with E-state index in [9.17, 15) is 14.7 Å². The summed E-state index contributed by atoms with van der Waals surface area (Å²) in [4.78, 5) is 24.0. The molecule has 0 spiro atoms. The summed E-state index contributed by atoms with van der Waals surface area (Å²) < 4.78 is 1.38. The van der Waals surface area contributed by atoms with Gasteiger partial charge in [-0.1, -0.05) is 24.3 Å². The quantitative estimate of drug-likeness (QED) is 0.778. The van der Waals surface area contributed by atoms with Gasteiger partial charge in [-0.3, -0.25) is 4.79 Å². The second-order valence-electron chi connectivity index (χ2n) is 5.38. The summed E-state index contributed by atoms with van der Waals surface area (Å²) in [6, 6.07) is 9.84. The van der Waals surface area contributed by atoms with Gasteiger partial charge in [0, 0.05) is 19.7 Å². The Hall–Kier alpha value is -2.60. The predicted octanol–water partition coefficient (Wildman–Crippen LogP) is 1.17. The van der Waals surface area contributed by atoms with Crippen LogP contribution in [-0.4, -0.2) is 21.8 Å². The monoisotopic (exact) mass is 299 g/mol. The van der Waals surface area contributed by atoms with E-state index in [-0.39, 0.29) is 11.2 Å². The average Bonchev–Trinajstić information content (AvgIpc) is 2.80. The third-order valence-electron chi connectivity index (χ3n) is 3.86. The van der Waals surface area contributed by atoms with Crippen LogP contribution in [0, 0.1) is 0 Å². The minimum absolute atomic E-state index is 0.197. The number of fused-ring (bicyclic) bond motifs is 1. The first-order valence-corrected chi connectivity index (χ1v) is 7.05. The smallest absolute Gasteiger partial charge is 0.319 e. The van der Waals surface area contributed by atoms with E-state index in [1.54, 1.807) is 25.4 Å². The van der Waals surface area contributed by atoms with Crippen LogP contribution in [0.2, 0.25) is 0 Å². The lowest BCUT2D eigenvalue weighted by molar-refractivity contribution is 0.144. The standard InChI is InChI=1S/C16H17N3O3/c1-19-8-4-7-12(15(19)21)17-16(22)18-14-11-6-3-2-5-10(11)9-13(14)20/h2-8,13-14,20H,9H2,1H3,(H2,17,18,22)/t13-,14+/m0/s1. The number of amides is 2. The molecule has 2 atom stereocenters. The third kappa shape index (κ3) is 2.60. The number of aliphatic hydroxyl groups excluding tert-OH is 1. The largest absolute Gasteiger partial charge is 0.390 e. The molecule has 3 rings (SSSR count). The number of benzene rings is 1. The summed E-state index contributed by atoms with van der Waals surface area (Å²) in [6.45, 7) is 0. The summed E-state index contributed by atoms with van der Waals surface area (Å²) >= 11 is 0. The fourth-order valence-electron chi connectivity index (χ4n) is 2.74. The Balaban J connectivity index is 1.75. The number of aryl methyl sites for hydroxylation is 1. The molecular formula is C16H17N3O3. The van der Waals surface area contributed by atoms with Crippen molar-refractivity contribution in [3.8, 4) is 0 Å². The second-order valence-corrected chi connectivity index (χ2v) is 5.38. The lowest BCUT2D eigenvalue weighted by Crippen LogP contribution is -2.38. The number of pyridine rings is 1. The predicted molar refractivity (Wildman–Crippen MR) is 82.7 cm³/mol. The van der Waals surface area contributed by atoms with E-state index in [0.717, 1.165) is 11.1 Å². The Morgan fingerprint density at radius 3 is 2.86 bits per heavy atom. The number of anilines is 1. The SMILES string of the molecule is Cn1cccc(NC(=O)N[C@@H]2c3ccccc3C[C@@H]2O)c1=O. The number of hydrogen-bond donors (Lipinski definition) is 3. The molecule has 6 nitrogen and oxygen atoms in total. The molecule has 1 aromatic carbocycles. The van der Waals surface area contributed by atoms with Crippen LogP contribution < -0.4 is 16.2 Å². The van der Waals surface area contributed by atoms with Crippen molar-refractivity contribution < 1.29 is 9.90 Å². The Labute approximate surface area is 127 Å². The van der Waals surface area contributed by atoms with Gasteiger partial charge in [-0.05, 0) is 23.3 Å². The van der Waals surface area contributed by atoms with Crippen molar-refractivity contribution in [1.29, 1.82) is 0 Å². The van der Waals surface area contributed by atoms with Gasteiger partial charge in [0.15, 0.2) is 0 Å². The molecule has 0 bridgehead atoms. The van der Waals surface area contributed by atoms with Crippen molar-refractivity contribution in [2.45, 2.75) is 18.6 Å². The van der Waals surface area contributed by atoms with E-state index >= 15 is 0 Å². The maximum atomic E-state index is 12.1. The van der Waals surface area contributed by atoms with Crippen LogP contribution in [0.3, 0.4) is 0 Å². The molecule has 0 saturated heterocycles. The van der Waals surface area contributed by atoms with Crippen molar-refractivity contribution >= 4 is 11.7 Å². The zero-order valence-corrected chi connectivity index (χ0v) is 12.1. The van der Waals surface area contributed by atoms with Gasteiger partial charge in [0.25, 0.3) is 5.56 Å². The minimum atomic E-state index is -0.665. The number of urea groups is 1. The molecule has 0 radical (unpaired) electrons. The summed E-state index contributed by atoms with van der Waals surface area (Å²) in [5, 5.41) is 15.4. The molecule has 114 valence electrons. The topological polar surface area (TPSA) is 83.4 Å². The second kappa shape index (κ2) is 5.65. The molecule has 0 saturated carbocycles. The van der Waals surface area contributed by atoms with Crippen LogP contribution in [0.5, 0.6) is 0 Å². The first kappa shape index (κ1) is 14.3. The molecule has 0 fully saturated rings. The Morgan fingerprint density at radius 2 is 2.05 bits per heavy atom. The maximum absolute atomic E-state index is 12.1. The lowest BCUT2D eigenvalue weighted by atomic mass is 10.1. The molecular weight excluding hydrogens is 282 g/mol. The normalized spacial score (nSPS) is 19.5. The lowest BCUT2D eigenvalue weighted by Gasteiger charge is -2.18. The zero-order valence-electron chi connectivity index (χ0n) is 12.1. The molecule has 1 aliphatic rings. The van der Waals surface area contributed by atoms with Gasteiger partial charge in [-0.15, -0.1) is 0 Å². The third-order valence-corrected chi connectivity index (χ3v) is 3.86. The first-order valence-electron chi connectivity index (χ1n) is 7.05. The van der Waals surface area contributed by atoms with Gasteiger partial charge in [-0.25, -0.2) is 4.79 Å². The fraction of sp³-hybridized carbons (Fsp3) is 0.250. The van der Waals surface area contributed by atoms with E-state index in [1.165, 1.54) is 4.57 Å². The van der Waals surface area contributed by atoms with Crippen LogP contribution in [0.15, 0.2) is 47.4 Å². The fourth-order valence-corrected chi connectivity index (χ4v) is 2.74. The molecule has 1 heterocycles. The van der Waals surface area contributed by atoms with Gasteiger partial charge in [-0.2, -0.15) is 0 Å². The number of hydrogen-bond acceptors (Lipinski definition) is 3. The number of rotatable bonds is 2. The number of carbonyl (C=O) groups excluding carboxylic acids is 1. The molecule has 3 N–H and O–H groups in total. The van der Waals surface area contributed by atoms with Gasteiger partial charge in [0.1, 0.15) is 5.69 Å². The van der Waals surface area contributed by atoms with E-state index in [2.05, 4.69) is 10.6 Å². The number of nitrogens with zero attached hydrogens (tertiary/aromatic N) is 1. The van der Waals surface area contributed by atoms with Crippen LogP contribution in [0.4, 0.5) is 10.5 Å². The Kier molecular flexibility index (Phi) is 3.68. The Bertz CT molecular complexity index is 769. The molecule has 6 heteroatoms. The molecule has 1 aromatic heterocycles. The van der Waals surface area contributed by atoms with Gasteiger partial charge in [0.2, 0.25) is 0 Å².